The van der Waals surface area contributed by atoms with Gasteiger partial charge in [-0.25, -0.2) is 13.2 Å². The second-order valence-corrected chi connectivity index (χ2v) is 8.95. The summed E-state index contributed by atoms with van der Waals surface area (Å²) in [6.07, 6.45) is 5.87. The van der Waals surface area contributed by atoms with Crippen LogP contribution >= 0.6 is 0 Å². The van der Waals surface area contributed by atoms with Crippen molar-refractivity contribution in [3.63, 3.8) is 0 Å². The predicted molar refractivity (Wildman–Crippen MR) is 142 cm³/mol. The van der Waals surface area contributed by atoms with Crippen LogP contribution in [0.3, 0.4) is 0 Å². The Kier molecular flexibility index (Phi) is 8.44. The van der Waals surface area contributed by atoms with Gasteiger partial charge in [-0.1, -0.05) is 98.1 Å². The van der Waals surface area contributed by atoms with Gasteiger partial charge in [0.05, 0.1) is 6.61 Å². The molecule has 0 amide bonds. The molecule has 0 aliphatic rings. The minimum atomic E-state index is -1.01. The number of hydrogen-bond acceptors (Lipinski definition) is 1. The minimum Gasteiger partial charge on any atom is -0.490 e. The highest BCUT2D eigenvalue weighted by molar-refractivity contribution is 5.74. The van der Waals surface area contributed by atoms with Gasteiger partial charge in [0.15, 0.2) is 23.2 Å². The maximum absolute atomic E-state index is 14.7. The Morgan fingerprint density at radius 1 is 0.622 bits per heavy atom. The largest absolute Gasteiger partial charge is 0.490 e. The van der Waals surface area contributed by atoms with E-state index in [-0.39, 0.29) is 22.4 Å². The third-order valence-corrected chi connectivity index (χ3v) is 6.20. The van der Waals surface area contributed by atoms with Gasteiger partial charge in [-0.05, 0) is 42.2 Å². The first kappa shape index (κ1) is 26.2. The second kappa shape index (κ2) is 11.9. The lowest BCUT2D eigenvalue weighted by Crippen LogP contribution is -2.01. The topological polar surface area (TPSA) is 9.23 Å². The third-order valence-electron chi connectivity index (χ3n) is 6.20. The Bertz CT molecular complexity index is 1390. The van der Waals surface area contributed by atoms with Crippen molar-refractivity contribution in [1.29, 1.82) is 0 Å². The van der Waals surface area contributed by atoms with Gasteiger partial charge in [0.1, 0.15) is 0 Å². The standard InChI is InChI=1S/C32H28F4O/c1-3-4-5-20-37-28-19-18-27(31(35)32(28)36)24-13-8-22(9-14-24)10-15-25-16-17-26(30(34)29(25)33)23-11-6-21(2)7-12-23/h6-19H,3-5,20H2,1-2H3/b15-10+. The van der Waals surface area contributed by atoms with Crippen LogP contribution in [-0.4, -0.2) is 6.61 Å². The number of rotatable bonds is 9. The monoisotopic (exact) mass is 504 g/mol. The highest BCUT2D eigenvalue weighted by Crippen LogP contribution is 2.31. The molecule has 0 radical (unpaired) electrons. The van der Waals surface area contributed by atoms with E-state index in [1.165, 1.54) is 24.3 Å². The first-order valence-corrected chi connectivity index (χ1v) is 12.3. The van der Waals surface area contributed by atoms with E-state index in [9.17, 15) is 17.6 Å². The SMILES string of the molecule is CCCCCOc1ccc(-c2ccc(/C=C/c3ccc(-c4ccc(C)cc4)c(F)c3F)cc2)c(F)c1F. The van der Waals surface area contributed by atoms with Crippen molar-refractivity contribution in [3.8, 4) is 28.0 Å². The van der Waals surface area contributed by atoms with Gasteiger partial charge >= 0.3 is 0 Å². The summed E-state index contributed by atoms with van der Waals surface area (Å²) in [4.78, 5) is 0. The predicted octanol–water partition coefficient (Wildman–Crippen LogP) is 9.62. The summed E-state index contributed by atoms with van der Waals surface area (Å²) in [5.41, 5.74) is 3.26. The summed E-state index contributed by atoms with van der Waals surface area (Å²) < 4.78 is 64.0. The smallest absolute Gasteiger partial charge is 0.201 e. The van der Waals surface area contributed by atoms with Crippen LogP contribution in [-0.2, 0) is 0 Å². The number of unbranched alkanes of at least 4 members (excludes halogenated alkanes) is 2. The first-order valence-electron chi connectivity index (χ1n) is 12.3. The quantitative estimate of drug-likeness (QED) is 0.125. The van der Waals surface area contributed by atoms with Crippen LogP contribution in [0, 0.1) is 30.2 Å². The molecule has 0 N–H and O–H groups in total. The Balaban J connectivity index is 1.49. The fourth-order valence-electron chi connectivity index (χ4n) is 4.01. The number of ether oxygens (including phenoxy) is 1. The van der Waals surface area contributed by atoms with E-state index >= 15 is 0 Å². The zero-order valence-electron chi connectivity index (χ0n) is 20.8. The molecule has 0 unspecified atom stereocenters. The van der Waals surface area contributed by atoms with E-state index in [0.717, 1.165) is 24.8 Å². The molecule has 0 atom stereocenters. The number of hydrogen-bond donors (Lipinski definition) is 0. The molecule has 4 aromatic carbocycles. The van der Waals surface area contributed by atoms with Crippen molar-refractivity contribution < 1.29 is 22.3 Å². The summed E-state index contributed by atoms with van der Waals surface area (Å²) in [7, 11) is 0. The molecule has 5 heteroatoms. The molecule has 1 nitrogen and oxygen atoms in total. The van der Waals surface area contributed by atoms with Crippen molar-refractivity contribution in [2.24, 2.45) is 0 Å². The Hall–Kier alpha value is -3.86. The Morgan fingerprint density at radius 3 is 1.86 bits per heavy atom. The van der Waals surface area contributed by atoms with Crippen LogP contribution in [0.2, 0.25) is 0 Å². The van der Waals surface area contributed by atoms with Crippen LogP contribution in [0.15, 0.2) is 72.8 Å². The van der Waals surface area contributed by atoms with Gasteiger partial charge in [-0.15, -0.1) is 0 Å². The summed E-state index contributed by atoms with van der Waals surface area (Å²) in [6, 6.07) is 19.9. The van der Waals surface area contributed by atoms with Crippen LogP contribution in [0.4, 0.5) is 17.6 Å². The van der Waals surface area contributed by atoms with Gasteiger partial charge in [-0.3, -0.25) is 0 Å². The number of benzene rings is 4. The highest BCUT2D eigenvalue weighted by Gasteiger charge is 2.16. The molecule has 0 fully saturated rings. The molecule has 4 rings (SSSR count). The second-order valence-electron chi connectivity index (χ2n) is 8.95. The zero-order chi connectivity index (χ0) is 26.4. The van der Waals surface area contributed by atoms with Crippen molar-refractivity contribution in [1.82, 2.24) is 0 Å². The lowest BCUT2D eigenvalue weighted by Gasteiger charge is -2.10. The normalized spacial score (nSPS) is 11.3. The average molecular weight is 505 g/mol. The zero-order valence-corrected chi connectivity index (χ0v) is 20.8. The van der Waals surface area contributed by atoms with E-state index in [2.05, 4.69) is 6.92 Å². The molecular formula is C32H28F4O. The van der Waals surface area contributed by atoms with Crippen molar-refractivity contribution in [2.45, 2.75) is 33.1 Å². The molecule has 4 aromatic rings. The molecule has 0 aliphatic carbocycles. The van der Waals surface area contributed by atoms with Gasteiger partial charge in [0.25, 0.3) is 0 Å². The van der Waals surface area contributed by atoms with Gasteiger partial charge < -0.3 is 4.74 Å². The van der Waals surface area contributed by atoms with Crippen LogP contribution < -0.4 is 4.74 Å². The minimum absolute atomic E-state index is 0.0976. The fourth-order valence-corrected chi connectivity index (χ4v) is 4.01. The molecule has 0 saturated heterocycles. The number of aryl methyl sites for hydroxylation is 1. The van der Waals surface area contributed by atoms with Crippen LogP contribution in [0.1, 0.15) is 42.9 Å². The first-order chi connectivity index (χ1) is 17.9. The van der Waals surface area contributed by atoms with Gasteiger partial charge in [0.2, 0.25) is 5.82 Å². The molecule has 0 saturated carbocycles. The molecule has 190 valence electrons. The summed E-state index contributed by atoms with van der Waals surface area (Å²) in [6.45, 7) is 4.32. The van der Waals surface area contributed by atoms with Crippen molar-refractivity contribution in [2.75, 3.05) is 6.61 Å². The fraction of sp³-hybridized carbons (Fsp3) is 0.188. The molecule has 0 aliphatic heterocycles. The molecular weight excluding hydrogens is 476 g/mol. The van der Waals surface area contributed by atoms with Crippen molar-refractivity contribution >= 4 is 12.2 Å². The van der Waals surface area contributed by atoms with E-state index < -0.39 is 23.3 Å². The van der Waals surface area contributed by atoms with Crippen LogP contribution in [0.25, 0.3) is 34.4 Å². The van der Waals surface area contributed by atoms with E-state index in [1.807, 2.05) is 19.1 Å². The van der Waals surface area contributed by atoms with E-state index in [0.29, 0.717) is 23.3 Å². The Labute approximate surface area is 215 Å². The van der Waals surface area contributed by atoms with Crippen molar-refractivity contribution in [3.05, 3.63) is 113 Å². The highest BCUT2D eigenvalue weighted by atomic mass is 19.2. The third kappa shape index (κ3) is 6.11. The Morgan fingerprint density at radius 2 is 1.22 bits per heavy atom. The maximum atomic E-state index is 14.7. The maximum Gasteiger partial charge on any atom is 0.201 e. The van der Waals surface area contributed by atoms with E-state index in [4.69, 9.17) is 4.74 Å². The average Bonchev–Trinajstić information content (AvgIpc) is 2.91. The lowest BCUT2D eigenvalue weighted by molar-refractivity contribution is 0.286. The number of halogens is 4. The lowest BCUT2D eigenvalue weighted by atomic mass is 10.0. The summed E-state index contributed by atoms with van der Waals surface area (Å²) >= 11 is 0. The molecule has 0 spiro atoms. The van der Waals surface area contributed by atoms with Crippen LogP contribution in [0.5, 0.6) is 5.75 Å². The van der Waals surface area contributed by atoms with Gasteiger partial charge in [-0.2, -0.15) is 4.39 Å². The van der Waals surface area contributed by atoms with E-state index in [1.54, 1.807) is 48.5 Å². The summed E-state index contributed by atoms with van der Waals surface area (Å²) in [5, 5.41) is 0. The summed E-state index contributed by atoms with van der Waals surface area (Å²) in [5.74, 6) is -3.91. The molecule has 0 heterocycles. The molecule has 37 heavy (non-hydrogen) atoms. The van der Waals surface area contributed by atoms with Gasteiger partial charge in [0, 0.05) is 16.7 Å². The molecule has 0 aromatic heterocycles. The molecule has 0 bridgehead atoms.